The van der Waals surface area contributed by atoms with Gasteiger partial charge in [-0.25, -0.2) is 4.98 Å². The number of allylic oxidation sites excluding steroid dienone is 3. The Bertz CT molecular complexity index is 763. The molecule has 6 heteroatoms. The molecule has 0 aromatic carbocycles. The summed E-state index contributed by atoms with van der Waals surface area (Å²) in [4.78, 5) is 27.8. The van der Waals surface area contributed by atoms with Gasteiger partial charge in [-0.2, -0.15) is 0 Å². The van der Waals surface area contributed by atoms with Crippen molar-refractivity contribution in [3.8, 4) is 0 Å². The summed E-state index contributed by atoms with van der Waals surface area (Å²) >= 11 is 0. The van der Waals surface area contributed by atoms with Gasteiger partial charge in [0, 0.05) is 11.8 Å². The van der Waals surface area contributed by atoms with Crippen LogP contribution in [0, 0.1) is 5.41 Å². The number of amides is 2. The van der Waals surface area contributed by atoms with E-state index < -0.39 is 11.3 Å². The zero-order valence-corrected chi connectivity index (χ0v) is 12.1. The summed E-state index contributed by atoms with van der Waals surface area (Å²) in [6, 6.07) is 3.71. The van der Waals surface area contributed by atoms with Gasteiger partial charge in [0.25, 0.3) is 5.91 Å². The number of nitrogens with zero attached hydrogens (tertiary/aromatic N) is 1. The molecule has 3 rings (SSSR count). The van der Waals surface area contributed by atoms with Gasteiger partial charge < -0.3 is 11.1 Å². The zero-order chi connectivity index (χ0) is 15.9. The first kappa shape index (κ1) is 14.2. The Hall–Kier alpha value is -2.76. The summed E-state index contributed by atoms with van der Waals surface area (Å²) in [5.41, 5.74) is 6.81. The molecule has 1 spiro atoms. The molecule has 1 saturated carbocycles. The molecule has 1 fully saturated rings. The van der Waals surface area contributed by atoms with Crippen LogP contribution in [0.1, 0.15) is 25.3 Å². The molecule has 0 radical (unpaired) electrons. The number of carbonyl (C=O) groups is 2. The maximum absolute atomic E-state index is 12.5. The van der Waals surface area contributed by atoms with Gasteiger partial charge in [0.05, 0.1) is 5.41 Å². The Morgan fingerprint density at radius 1 is 1.45 bits per heavy atom. The van der Waals surface area contributed by atoms with Crippen LogP contribution in [0.2, 0.25) is 0 Å². The average Bonchev–Trinajstić information content (AvgIpc) is 2.99. The van der Waals surface area contributed by atoms with Crippen molar-refractivity contribution in [3.05, 3.63) is 47.2 Å². The molecule has 0 saturated heterocycles. The van der Waals surface area contributed by atoms with Crippen molar-refractivity contribution in [2.24, 2.45) is 5.73 Å². The first-order chi connectivity index (χ1) is 10.5. The number of rotatable bonds is 2. The van der Waals surface area contributed by atoms with Crippen LogP contribution in [0.15, 0.2) is 41.6 Å². The lowest BCUT2D eigenvalue weighted by Gasteiger charge is -2.19. The van der Waals surface area contributed by atoms with E-state index in [1.807, 2.05) is 25.1 Å². The quantitative estimate of drug-likeness (QED) is 0.718. The number of anilines is 1. The van der Waals surface area contributed by atoms with Gasteiger partial charge in [-0.05, 0) is 43.1 Å². The van der Waals surface area contributed by atoms with E-state index in [-0.39, 0.29) is 11.6 Å². The van der Waals surface area contributed by atoms with Crippen LogP contribution in [0.3, 0.4) is 0 Å². The highest BCUT2D eigenvalue weighted by molar-refractivity contribution is 6.41. The number of primary amides is 1. The second-order valence-electron chi connectivity index (χ2n) is 5.55. The van der Waals surface area contributed by atoms with Crippen LogP contribution in [0.25, 0.3) is 0 Å². The van der Waals surface area contributed by atoms with Gasteiger partial charge in [-0.3, -0.25) is 15.0 Å². The molecule has 6 nitrogen and oxygen atoms in total. The normalized spacial score (nSPS) is 26.5. The van der Waals surface area contributed by atoms with E-state index in [1.165, 1.54) is 6.08 Å². The van der Waals surface area contributed by atoms with Crippen LogP contribution < -0.4 is 11.1 Å². The fraction of sp³-hybridized carbons (Fsp3) is 0.250. The third-order valence-electron chi connectivity index (χ3n) is 4.32. The molecule has 1 aromatic heterocycles. The van der Waals surface area contributed by atoms with E-state index in [4.69, 9.17) is 11.1 Å². The minimum atomic E-state index is -0.776. The second-order valence-corrected chi connectivity index (χ2v) is 5.55. The third kappa shape index (κ3) is 1.95. The molecular formula is C16H16N4O2. The van der Waals surface area contributed by atoms with E-state index in [9.17, 15) is 9.59 Å². The van der Waals surface area contributed by atoms with E-state index >= 15 is 0 Å². The molecule has 1 aliphatic heterocycles. The number of hydrogen-bond donors (Lipinski definition) is 3. The average molecular weight is 296 g/mol. The zero-order valence-electron chi connectivity index (χ0n) is 12.1. The van der Waals surface area contributed by atoms with Crippen molar-refractivity contribution in [2.45, 2.75) is 25.2 Å². The summed E-state index contributed by atoms with van der Waals surface area (Å²) in [5, 5.41) is 10.5. The van der Waals surface area contributed by atoms with Crippen LogP contribution in [-0.2, 0) is 15.0 Å². The van der Waals surface area contributed by atoms with Crippen molar-refractivity contribution in [2.75, 3.05) is 5.32 Å². The molecule has 1 atom stereocenters. The van der Waals surface area contributed by atoms with Crippen LogP contribution in [0.5, 0.6) is 0 Å². The predicted octanol–water partition coefficient (Wildman–Crippen LogP) is 1.44. The van der Waals surface area contributed by atoms with Gasteiger partial charge in [0.15, 0.2) is 0 Å². The van der Waals surface area contributed by atoms with Crippen LogP contribution >= 0.6 is 0 Å². The number of carbonyl (C=O) groups excluding carboxylic acids is 2. The van der Waals surface area contributed by atoms with Crippen molar-refractivity contribution in [1.29, 1.82) is 5.41 Å². The maximum atomic E-state index is 12.5. The highest BCUT2D eigenvalue weighted by Gasteiger charge is 2.52. The summed E-state index contributed by atoms with van der Waals surface area (Å²) in [7, 11) is 0. The first-order valence-electron chi connectivity index (χ1n) is 6.99. The van der Waals surface area contributed by atoms with Gasteiger partial charge in [0.1, 0.15) is 11.5 Å². The monoisotopic (exact) mass is 296 g/mol. The van der Waals surface area contributed by atoms with E-state index in [2.05, 4.69) is 10.3 Å². The van der Waals surface area contributed by atoms with E-state index in [1.54, 1.807) is 6.20 Å². The number of fused-ring (bicyclic) bond motifs is 2. The van der Waals surface area contributed by atoms with E-state index in [0.717, 1.165) is 16.7 Å². The summed E-state index contributed by atoms with van der Waals surface area (Å²) in [6.07, 6.45) is 5.99. The molecule has 1 aliphatic carbocycles. The van der Waals surface area contributed by atoms with Gasteiger partial charge in [0.2, 0.25) is 5.91 Å². The largest absolute Gasteiger partial charge is 0.364 e. The molecular weight excluding hydrogens is 280 g/mol. The van der Waals surface area contributed by atoms with Crippen LogP contribution in [-0.4, -0.2) is 22.5 Å². The second kappa shape index (κ2) is 4.91. The Morgan fingerprint density at radius 2 is 2.18 bits per heavy atom. The molecule has 1 aromatic rings. The van der Waals surface area contributed by atoms with Crippen molar-refractivity contribution >= 4 is 23.3 Å². The van der Waals surface area contributed by atoms with E-state index in [0.29, 0.717) is 18.7 Å². The Kier molecular flexibility index (Phi) is 3.16. The molecule has 2 amide bonds. The molecule has 22 heavy (non-hydrogen) atoms. The molecule has 0 bridgehead atoms. The lowest BCUT2D eigenvalue weighted by Crippen LogP contribution is -2.31. The topological polar surface area (TPSA) is 109 Å². The van der Waals surface area contributed by atoms with Gasteiger partial charge >= 0.3 is 0 Å². The molecule has 2 heterocycles. The number of aromatic nitrogens is 1. The van der Waals surface area contributed by atoms with Gasteiger partial charge in [-0.15, -0.1) is 0 Å². The number of pyridine rings is 1. The number of hydrogen-bond acceptors (Lipinski definition) is 4. The predicted molar refractivity (Wildman–Crippen MR) is 82.5 cm³/mol. The maximum Gasteiger partial charge on any atom is 0.266 e. The summed E-state index contributed by atoms with van der Waals surface area (Å²) < 4.78 is 0. The molecule has 112 valence electrons. The summed E-state index contributed by atoms with van der Waals surface area (Å²) in [6.45, 7) is 1.88. The Morgan fingerprint density at radius 3 is 2.86 bits per heavy atom. The van der Waals surface area contributed by atoms with Crippen molar-refractivity contribution in [3.63, 3.8) is 0 Å². The smallest absolute Gasteiger partial charge is 0.266 e. The fourth-order valence-corrected chi connectivity index (χ4v) is 3.21. The number of nitrogens with two attached hydrogens (primary N) is 1. The van der Waals surface area contributed by atoms with Gasteiger partial charge in [-0.1, -0.05) is 12.1 Å². The Balaban J connectivity index is 2.07. The standard InChI is InChI=1S/C16H16N4O2/c1-2-9-7-16(8-10(9)6-12(17)13(18)21)11-4-3-5-19-14(11)20-15(16)22/h2-6,17H,7-8H2,1H3,(H2,18,21)(H,19,20,22)/b9-2-,10-6-,17-12?. The van der Waals surface area contributed by atoms with Crippen molar-refractivity contribution in [1.82, 2.24) is 4.98 Å². The highest BCUT2D eigenvalue weighted by atomic mass is 16.2. The first-order valence-corrected chi connectivity index (χ1v) is 6.99. The summed E-state index contributed by atoms with van der Waals surface area (Å²) in [5.74, 6) is -0.273. The molecule has 4 N–H and O–H groups in total. The van der Waals surface area contributed by atoms with Crippen LogP contribution in [0.4, 0.5) is 5.82 Å². The number of nitrogens with one attached hydrogen (secondary N) is 2. The lowest BCUT2D eigenvalue weighted by atomic mass is 9.80. The third-order valence-corrected chi connectivity index (χ3v) is 4.32. The Labute approximate surface area is 127 Å². The SMILES string of the molecule is C/C=C1/CC2(C/C1=C/C(=N)C(N)=O)C(=O)Nc1ncccc12. The highest BCUT2D eigenvalue weighted by Crippen LogP contribution is 2.52. The minimum absolute atomic E-state index is 0.0884. The molecule has 1 unspecified atom stereocenters. The fourth-order valence-electron chi connectivity index (χ4n) is 3.21. The lowest BCUT2D eigenvalue weighted by molar-refractivity contribution is -0.120. The minimum Gasteiger partial charge on any atom is -0.364 e. The van der Waals surface area contributed by atoms with Crippen molar-refractivity contribution < 1.29 is 9.59 Å². The molecule has 2 aliphatic rings.